The summed E-state index contributed by atoms with van der Waals surface area (Å²) in [5, 5.41) is 3.40. The quantitative estimate of drug-likeness (QED) is 0.720. The van der Waals surface area contributed by atoms with Crippen molar-refractivity contribution in [3.8, 4) is 11.5 Å². The van der Waals surface area contributed by atoms with Gasteiger partial charge in [-0.15, -0.1) is 0 Å². The predicted molar refractivity (Wildman–Crippen MR) is 82.7 cm³/mol. The standard InChI is InChI=1S/C16H23N3O2/c1-3-6-17-12-14-4-5-15(20-2)11-16(14)21-10-9-19-8-7-18-13-19/h4-5,7-8,11,13,17H,3,6,9-10,12H2,1-2H3. The molecule has 1 N–H and O–H groups in total. The van der Waals surface area contributed by atoms with E-state index in [-0.39, 0.29) is 0 Å². The molecule has 0 spiro atoms. The maximum Gasteiger partial charge on any atom is 0.127 e. The Bertz CT molecular complexity index is 526. The van der Waals surface area contributed by atoms with E-state index in [9.17, 15) is 0 Å². The minimum Gasteiger partial charge on any atom is -0.497 e. The van der Waals surface area contributed by atoms with Gasteiger partial charge in [0, 0.05) is 30.6 Å². The first-order valence-corrected chi connectivity index (χ1v) is 7.29. The van der Waals surface area contributed by atoms with Crippen LogP contribution >= 0.6 is 0 Å². The summed E-state index contributed by atoms with van der Waals surface area (Å²) in [4.78, 5) is 4.02. The molecule has 1 aromatic carbocycles. The van der Waals surface area contributed by atoms with Gasteiger partial charge in [0.1, 0.15) is 18.1 Å². The monoisotopic (exact) mass is 289 g/mol. The highest BCUT2D eigenvalue weighted by Gasteiger charge is 2.06. The van der Waals surface area contributed by atoms with Crippen LogP contribution < -0.4 is 14.8 Å². The van der Waals surface area contributed by atoms with Gasteiger partial charge in [0.2, 0.25) is 0 Å². The fourth-order valence-electron chi connectivity index (χ4n) is 2.02. The number of nitrogens with zero attached hydrogens (tertiary/aromatic N) is 2. The van der Waals surface area contributed by atoms with E-state index in [0.717, 1.165) is 43.1 Å². The summed E-state index contributed by atoms with van der Waals surface area (Å²) in [6, 6.07) is 5.95. The molecule has 1 heterocycles. The minimum absolute atomic E-state index is 0.601. The average molecular weight is 289 g/mol. The lowest BCUT2D eigenvalue weighted by molar-refractivity contribution is 0.292. The van der Waals surface area contributed by atoms with E-state index in [4.69, 9.17) is 9.47 Å². The van der Waals surface area contributed by atoms with Gasteiger partial charge in [-0.1, -0.05) is 13.0 Å². The van der Waals surface area contributed by atoms with Crippen molar-refractivity contribution in [2.75, 3.05) is 20.3 Å². The van der Waals surface area contributed by atoms with Crippen LogP contribution in [0, 0.1) is 0 Å². The molecule has 0 radical (unpaired) electrons. The lowest BCUT2D eigenvalue weighted by Crippen LogP contribution is -2.15. The van der Waals surface area contributed by atoms with Crippen LogP contribution in [0.3, 0.4) is 0 Å². The van der Waals surface area contributed by atoms with Crippen molar-refractivity contribution >= 4 is 0 Å². The van der Waals surface area contributed by atoms with Gasteiger partial charge in [0.25, 0.3) is 0 Å². The van der Waals surface area contributed by atoms with Gasteiger partial charge in [0.15, 0.2) is 0 Å². The number of imidazole rings is 1. The van der Waals surface area contributed by atoms with Gasteiger partial charge in [0.05, 0.1) is 20.0 Å². The van der Waals surface area contributed by atoms with Crippen molar-refractivity contribution in [1.82, 2.24) is 14.9 Å². The van der Waals surface area contributed by atoms with E-state index < -0.39 is 0 Å². The SMILES string of the molecule is CCCNCc1ccc(OC)cc1OCCn1ccnc1. The second kappa shape index (κ2) is 8.32. The van der Waals surface area contributed by atoms with E-state index in [0.29, 0.717) is 6.61 Å². The topological polar surface area (TPSA) is 48.3 Å². The highest BCUT2D eigenvalue weighted by Crippen LogP contribution is 2.24. The Morgan fingerprint density at radius 1 is 1.33 bits per heavy atom. The molecule has 0 fully saturated rings. The van der Waals surface area contributed by atoms with Crippen molar-refractivity contribution in [1.29, 1.82) is 0 Å². The van der Waals surface area contributed by atoms with Crippen LogP contribution in [0.5, 0.6) is 11.5 Å². The zero-order valence-electron chi connectivity index (χ0n) is 12.7. The molecule has 5 heteroatoms. The van der Waals surface area contributed by atoms with Crippen molar-refractivity contribution in [3.63, 3.8) is 0 Å². The van der Waals surface area contributed by atoms with Gasteiger partial charge in [-0.2, -0.15) is 0 Å². The van der Waals surface area contributed by atoms with E-state index in [1.54, 1.807) is 19.6 Å². The van der Waals surface area contributed by atoms with Crippen LogP contribution in [0.4, 0.5) is 0 Å². The van der Waals surface area contributed by atoms with Crippen molar-refractivity contribution in [2.24, 2.45) is 0 Å². The third-order valence-electron chi connectivity index (χ3n) is 3.18. The molecular formula is C16H23N3O2. The smallest absolute Gasteiger partial charge is 0.127 e. The summed E-state index contributed by atoms with van der Waals surface area (Å²) in [5.74, 6) is 1.69. The largest absolute Gasteiger partial charge is 0.497 e. The molecule has 2 rings (SSSR count). The number of methoxy groups -OCH3 is 1. The molecule has 0 saturated carbocycles. The summed E-state index contributed by atoms with van der Waals surface area (Å²) < 4.78 is 13.2. The van der Waals surface area contributed by atoms with Crippen LogP contribution in [0.2, 0.25) is 0 Å². The zero-order chi connectivity index (χ0) is 14.9. The molecule has 0 aliphatic carbocycles. The molecular weight excluding hydrogens is 266 g/mol. The van der Waals surface area contributed by atoms with Gasteiger partial charge in [-0.25, -0.2) is 4.98 Å². The Balaban J connectivity index is 1.96. The molecule has 0 aliphatic rings. The van der Waals surface area contributed by atoms with Crippen LogP contribution in [0.1, 0.15) is 18.9 Å². The normalized spacial score (nSPS) is 10.6. The Morgan fingerprint density at radius 3 is 2.95 bits per heavy atom. The highest BCUT2D eigenvalue weighted by atomic mass is 16.5. The Morgan fingerprint density at radius 2 is 2.24 bits per heavy atom. The van der Waals surface area contributed by atoms with Crippen LogP contribution in [0.25, 0.3) is 0 Å². The van der Waals surface area contributed by atoms with E-state index in [1.165, 1.54) is 0 Å². The second-order valence-electron chi connectivity index (χ2n) is 4.80. The third kappa shape index (κ3) is 4.79. The fraction of sp³-hybridized carbons (Fsp3) is 0.438. The number of hydrogen-bond acceptors (Lipinski definition) is 4. The van der Waals surface area contributed by atoms with Crippen molar-refractivity contribution in [2.45, 2.75) is 26.4 Å². The van der Waals surface area contributed by atoms with Crippen molar-refractivity contribution < 1.29 is 9.47 Å². The molecule has 0 atom stereocenters. The summed E-state index contributed by atoms with van der Waals surface area (Å²) >= 11 is 0. The highest BCUT2D eigenvalue weighted by molar-refractivity contribution is 5.40. The average Bonchev–Trinajstić information content (AvgIpc) is 3.02. The molecule has 114 valence electrons. The number of aromatic nitrogens is 2. The van der Waals surface area contributed by atoms with Gasteiger partial charge in [-0.3, -0.25) is 0 Å². The first-order chi connectivity index (χ1) is 10.3. The molecule has 2 aromatic rings. The van der Waals surface area contributed by atoms with E-state index in [2.05, 4.69) is 17.2 Å². The molecule has 0 bridgehead atoms. The summed E-state index contributed by atoms with van der Waals surface area (Å²) in [7, 11) is 1.67. The van der Waals surface area contributed by atoms with Gasteiger partial charge in [-0.05, 0) is 19.0 Å². The molecule has 0 aliphatic heterocycles. The van der Waals surface area contributed by atoms with E-state index >= 15 is 0 Å². The third-order valence-corrected chi connectivity index (χ3v) is 3.18. The molecule has 5 nitrogen and oxygen atoms in total. The van der Waals surface area contributed by atoms with Gasteiger partial charge >= 0.3 is 0 Å². The van der Waals surface area contributed by atoms with Crippen LogP contribution in [0.15, 0.2) is 36.9 Å². The number of nitrogens with one attached hydrogen (secondary N) is 1. The number of rotatable bonds is 9. The molecule has 1 aromatic heterocycles. The summed E-state index contributed by atoms with van der Waals surface area (Å²) in [5.41, 5.74) is 1.15. The molecule has 0 amide bonds. The van der Waals surface area contributed by atoms with Crippen LogP contribution in [-0.4, -0.2) is 29.8 Å². The lowest BCUT2D eigenvalue weighted by Gasteiger charge is -2.14. The fourth-order valence-corrected chi connectivity index (χ4v) is 2.02. The minimum atomic E-state index is 0.601. The Kier molecular flexibility index (Phi) is 6.09. The maximum atomic E-state index is 5.92. The number of ether oxygens (including phenoxy) is 2. The summed E-state index contributed by atoms with van der Waals surface area (Å²) in [6.07, 6.45) is 6.61. The Hall–Kier alpha value is -2.01. The van der Waals surface area contributed by atoms with Gasteiger partial charge < -0.3 is 19.4 Å². The molecule has 21 heavy (non-hydrogen) atoms. The lowest BCUT2D eigenvalue weighted by atomic mass is 10.2. The molecule has 0 unspecified atom stereocenters. The predicted octanol–water partition coefficient (Wildman–Crippen LogP) is 2.47. The first kappa shape index (κ1) is 15.4. The Labute approximate surface area is 125 Å². The number of hydrogen-bond donors (Lipinski definition) is 1. The van der Waals surface area contributed by atoms with Crippen molar-refractivity contribution in [3.05, 3.63) is 42.5 Å². The zero-order valence-corrected chi connectivity index (χ0v) is 12.7. The summed E-state index contributed by atoms with van der Waals surface area (Å²) in [6.45, 7) is 5.34. The maximum absolute atomic E-state index is 5.92. The molecule has 0 saturated heterocycles. The number of benzene rings is 1. The van der Waals surface area contributed by atoms with Crippen LogP contribution in [-0.2, 0) is 13.1 Å². The first-order valence-electron chi connectivity index (χ1n) is 7.29. The second-order valence-corrected chi connectivity index (χ2v) is 4.80. The van der Waals surface area contributed by atoms with E-state index in [1.807, 2.05) is 29.0 Å².